The average Bonchev–Trinajstić information content (AvgIpc) is 3.10. The van der Waals surface area contributed by atoms with Gasteiger partial charge >= 0.3 is 0 Å². The summed E-state index contributed by atoms with van der Waals surface area (Å²) in [5.41, 5.74) is 1.05. The van der Waals surface area contributed by atoms with E-state index in [0.29, 0.717) is 18.7 Å². The molecule has 0 amide bonds. The van der Waals surface area contributed by atoms with E-state index in [1.807, 2.05) is 18.6 Å². The molecule has 3 heterocycles. The molecule has 1 saturated heterocycles. The van der Waals surface area contributed by atoms with Crippen LogP contribution in [-0.4, -0.2) is 43.1 Å². The van der Waals surface area contributed by atoms with Crippen molar-refractivity contribution in [3.8, 4) is 0 Å². The van der Waals surface area contributed by atoms with Crippen LogP contribution < -0.4 is 0 Å². The van der Waals surface area contributed by atoms with Gasteiger partial charge in [0.25, 0.3) is 0 Å². The third-order valence-corrected chi connectivity index (χ3v) is 3.91. The Morgan fingerprint density at radius 2 is 2.35 bits per heavy atom. The van der Waals surface area contributed by atoms with Crippen molar-refractivity contribution in [3.05, 3.63) is 35.9 Å². The number of hydrogen-bond donors (Lipinski definition) is 2. The number of β-amino-alcohol motifs (C(OH)–C–C–N with tert-alkyl or cyclic N) is 1. The lowest BCUT2D eigenvalue weighted by Gasteiger charge is -2.20. The summed E-state index contributed by atoms with van der Waals surface area (Å²) in [6, 6.07) is 2.32. The molecule has 0 aliphatic carbocycles. The Balaban J connectivity index is 1.70. The van der Waals surface area contributed by atoms with Crippen LogP contribution in [0.3, 0.4) is 0 Å². The largest absolute Gasteiger partial charge is 0.382 e. The Morgan fingerprint density at radius 1 is 1.50 bits per heavy atom. The van der Waals surface area contributed by atoms with Crippen molar-refractivity contribution >= 4 is 0 Å². The summed E-state index contributed by atoms with van der Waals surface area (Å²) in [5.74, 6) is 0. The summed E-state index contributed by atoms with van der Waals surface area (Å²) in [5, 5.41) is 19.0. The molecule has 0 bridgehead atoms. The molecule has 6 heteroatoms. The lowest BCUT2D eigenvalue weighted by atomic mass is 10.00. The van der Waals surface area contributed by atoms with Crippen LogP contribution in [0.1, 0.15) is 37.6 Å². The van der Waals surface area contributed by atoms with Crippen molar-refractivity contribution < 1.29 is 5.11 Å². The van der Waals surface area contributed by atoms with Gasteiger partial charge in [0.15, 0.2) is 0 Å². The maximum absolute atomic E-state index is 10.8. The van der Waals surface area contributed by atoms with Gasteiger partial charge in [-0.05, 0) is 31.9 Å². The summed E-state index contributed by atoms with van der Waals surface area (Å²) in [7, 11) is 0. The molecule has 2 aromatic rings. The summed E-state index contributed by atoms with van der Waals surface area (Å²) in [6.45, 7) is 6.43. The number of aromatic amines is 1. The quantitative estimate of drug-likeness (QED) is 0.882. The fourth-order valence-electron chi connectivity index (χ4n) is 2.67. The highest BCUT2D eigenvalue weighted by Gasteiger charge is 2.40. The van der Waals surface area contributed by atoms with Crippen LogP contribution in [0.25, 0.3) is 0 Å². The molecule has 1 aliphatic rings. The monoisotopic (exact) mass is 275 g/mol. The molecule has 2 N–H and O–H groups in total. The van der Waals surface area contributed by atoms with Crippen molar-refractivity contribution in [1.29, 1.82) is 0 Å². The zero-order valence-corrected chi connectivity index (χ0v) is 12.0. The number of likely N-dealkylation sites (tertiary alicyclic amines) is 1. The van der Waals surface area contributed by atoms with Crippen LogP contribution in [0.5, 0.6) is 0 Å². The molecule has 2 aromatic heterocycles. The molecular formula is C14H21N5O. The molecule has 20 heavy (non-hydrogen) atoms. The second-order valence-electron chi connectivity index (χ2n) is 5.89. The molecule has 3 rings (SSSR count). The number of hydrogen-bond acceptors (Lipinski definition) is 4. The molecule has 0 saturated carbocycles. The van der Waals surface area contributed by atoms with Crippen LogP contribution in [0.2, 0.25) is 0 Å². The second kappa shape index (κ2) is 5.03. The molecule has 1 unspecified atom stereocenters. The highest BCUT2D eigenvalue weighted by atomic mass is 16.3. The predicted molar refractivity (Wildman–Crippen MR) is 75.0 cm³/mol. The Hall–Kier alpha value is -1.66. The third kappa shape index (κ3) is 2.48. The van der Waals surface area contributed by atoms with E-state index in [1.54, 1.807) is 4.68 Å². The molecule has 1 atom stereocenters. The summed E-state index contributed by atoms with van der Waals surface area (Å²) in [4.78, 5) is 5.30. The Morgan fingerprint density at radius 3 is 3.00 bits per heavy atom. The highest BCUT2D eigenvalue weighted by Crippen LogP contribution is 2.31. The van der Waals surface area contributed by atoms with Crippen molar-refractivity contribution in [1.82, 2.24) is 24.9 Å². The second-order valence-corrected chi connectivity index (χ2v) is 5.89. The van der Waals surface area contributed by atoms with Crippen molar-refractivity contribution in [2.24, 2.45) is 0 Å². The first kappa shape index (κ1) is 13.3. The molecule has 108 valence electrons. The summed E-state index contributed by atoms with van der Waals surface area (Å²) >= 11 is 0. The van der Waals surface area contributed by atoms with Gasteiger partial charge in [-0.15, -0.1) is 5.10 Å². The molecule has 6 nitrogen and oxygen atoms in total. The number of nitrogens with one attached hydrogen (secondary N) is 1. The number of aromatic nitrogens is 4. The van der Waals surface area contributed by atoms with Gasteiger partial charge in [-0.2, -0.15) is 0 Å². The zero-order valence-electron chi connectivity index (χ0n) is 12.0. The maximum atomic E-state index is 10.8. The minimum Gasteiger partial charge on any atom is -0.382 e. The molecule has 0 aromatic carbocycles. The minimum absolute atomic E-state index is 0.261. The van der Waals surface area contributed by atoms with Gasteiger partial charge < -0.3 is 10.1 Å². The first-order valence-corrected chi connectivity index (χ1v) is 7.05. The van der Waals surface area contributed by atoms with Gasteiger partial charge in [0.2, 0.25) is 0 Å². The lowest BCUT2D eigenvalue weighted by molar-refractivity contribution is 0.0408. The minimum atomic E-state index is -0.872. The first-order chi connectivity index (χ1) is 9.57. The molecule has 1 aliphatic heterocycles. The van der Waals surface area contributed by atoms with Crippen LogP contribution >= 0.6 is 0 Å². The van der Waals surface area contributed by atoms with Crippen LogP contribution in [-0.2, 0) is 12.1 Å². The Bertz CT molecular complexity index is 562. The van der Waals surface area contributed by atoms with E-state index in [9.17, 15) is 5.11 Å². The summed E-state index contributed by atoms with van der Waals surface area (Å²) < 4.78 is 1.79. The van der Waals surface area contributed by atoms with E-state index < -0.39 is 5.60 Å². The number of aliphatic hydroxyl groups is 1. The Labute approximate surface area is 118 Å². The van der Waals surface area contributed by atoms with E-state index in [-0.39, 0.29) is 6.04 Å². The molecule has 1 fully saturated rings. The molecular weight excluding hydrogens is 254 g/mol. The van der Waals surface area contributed by atoms with E-state index in [4.69, 9.17) is 0 Å². The van der Waals surface area contributed by atoms with Gasteiger partial charge in [0.1, 0.15) is 11.3 Å². The maximum Gasteiger partial charge on any atom is 0.124 e. The van der Waals surface area contributed by atoms with Crippen molar-refractivity contribution in [3.63, 3.8) is 0 Å². The zero-order chi connectivity index (χ0) is 14.2. The Kier molecular flexibility index (Phi) is 3.35. The van der Waals surface area contributed by atoms with Gasteiger partial charge in [-0.1, -0.05) is 5.21 Å². The van der Waals surface area contributed by atoms with Gasteiger partial charge in [0.05, 0.1) is 6.20 Å². The molecule has 0 radical (unpaired) electrons. The first-order valence-electron chi connectivity index (χ1n) is 7.05. The number of nitrogens with zero attached hydrogens (tertiary/aromatic N) is 4. The average molecular weight is 275 g/mol. The van der Waals surface area contributed by atoms with E-state index in [1.165, 1.54) is 5.56 Å². The fourth-order valence-corrected chi connectivity index (χ4v) is 2.67. The SMILES string of the molecule is CC(C)n1cc(C2(O)CCN(Cc3cc[nH]c3)C2)nn1. The third-order valence-electron chi connectivity index (χ3n) is 3.91. The normalized spacial score (nSPS) is 23.8. The smallest absolute Gasteiger partial charge is 0.124 e. The molecule has 0 spiro atoms. The standard InChI is InChI=1S/C14H21N5O/c1-11(2)19-9-13(16-17-19)14(20)4-6-18(10-14)8-12-3-5-15-7-12/h3,5,7,9,11,15,20H,4,6,8,10H2,1-2H3. The van der Waals surface area contributed by atoms with Crippen LogP contribution in [0.15, 0.2) is 24.7 Å². The van der Waals surface area contributed by atoms with E-state index >= 15 is 0 Å². The van der Waals surface area contributed by atoms with Gasteiger partial charge in [-0.3, -0.25) is 4.90 Å². The van der Waals surface area contributed by atoms with Crippen molar-refractivity contribution in [2.75, 3.05) is 13.1 Å². The van der Waals surface area contributed by atoms with E-state index in [2.05, 4.69) is 40.1 Å². The highest BCUT2D eigenvalue weighted by molar-refractivity contribution is 5.13. The topological polar surface area (TPSA) is 70.0 Å². The predicted octanol–water partition coefficient (Wildman–Crippen LogP) is 1.28. The fraction of sp³-hybridized carbons (Fsp3) is 0.571. The van der Waals surface area contributed by atoms with Crippen molar-refractivity contribution in [2.45, 2.75) is 38.5 Å². The lowest BCUT2D eigenvalue weighted by Crippen LogP contribution is -2.31. The number of H-pyrrole nitrogens is 1. The number of rotatable bonds is 4. The van der Waals surface area contributed by atoms with E-state index in [0.717, 1.165) is 13.1 Å². The van der Waals surface area contributed by atoms with Gasteiger partial charge in [0, 0.05) is 38.1 Å². The van der Waals surface area contributed by atoms with Gasteiger partial charge in [-0.25, -0.2) is 4.68 Å². The summed E-state index contributed by atoms with van der Waals surface area (Å²) in [6.07, 6.45) is 6.48. The van der Waals surface area contributed by atoms with Crippen LogP contribution in [0.4, 0.5) is 0 Å². The van der Waals surface area contributed by atoms with Crippen LogP contribution in [0, 0.1) is 0 Å².